The van der Waals surface area contributed by atoms with E-state index in [-0.39, 0.29) is 11.6 Å². The molecule has 0 aromatic heterocycles. The molecule has 2 nitrogen and oxygen atoms in total. The van der Waals surface area contributed by atoms with Gasteiger partial charge in [-0.1, -0.05) is 63.9 Å². The summed E-state index contributed by atoms with van der Waals surface area (Å²) in [7, 11) is 0. The van der Waals surface area contributed by atoms with E-state index in [4.69, 9.17) is 0 Å². The summed E-state index contributed by atoms with van der Waals surface area (Å²) in [4.78, 5) is 12.4. The second-order valence-corrected chi connectivity index (χ2v) is 7.01. The molecule has 1 aromatic rings. The van der Waals surface area contributed by atoms with Crippen molar-refractivity contribution in [3.05, 3.63) is 35.4 Å². The lowest BCUT2D eigenvalue weighted by molar-refractivity contribution is -0.137. The smallest absolute Gasteiger partial charge is 0.349 e. The molecule has 1 N–H and O–H groups in total. The molecule has 1 fully saturated rings. The Morgan fingerprint density at radius 3 is 1.92 bits per heavy atom. The van der Waals surface area contributed by atoms with Crippen LogP contribution in [0.4, 0.5) is 13.2 Å². The van der Waals surface area contributed by atoms with Gasteiger partial charge in [0, 0.05) is 11.6 Å². The Bertz CT molecular complexity index is 530. The highest BCUT2D eigenvalue weighted by Gasteiger charge is 2.31. The summed E-state index contributed by atoms with van der Waals surface area (Å²) in [6.07, 6.45) is 8.17. The third-order valence-electron chi connectivity index (χ3n) is 4.89. The van der Waals surface area contributed by atoms with Crippen LogP contribution in [-0.4, -0.2) is 11.9 Å². The van der Waals surface area contributed by atoms with Crippen LogP contribution in [0, 0.1) is 0 Å². The molecule has 1 aromatic carbocycles. The van der Waals surface area contributed by atoms with Gasteiger partial charge in [-0.05, 0) is 31.0 Å². The normalized spacial score (nSPS) is 18.8. The number of carbonyl (C=O) groups is 1. The summed E-state index contributed by atoms with van der Waals surface area (Å²) in [5.41, 5.74) is -0.695. The predicted octanol–water partition coefficient (Wildman–Crippen LogP) is 6.11. The van der Waals surface area contributed by atoms with Gasteiger partial charge in [-0.2, -0.15) is 13.2 Å². The molecule has 0 bridgehead atoms. The molecule has 0 spiro atoms. The second-order valence-electron chi connectivity index (χ2n) is 7.01. The van der Waals surface area contributed by atoms with Gasteiger partial charge in [-0.25, -0.2) is 0 Å². The lowest BCUT2D eigenvalue weighted by Crippen LogP contribution is -2.35. The van der Waals surface area contributed by atoms with Crippen LogP contribution in [0.15, 0.2) is 24.3 Å². The topological polar surface area (TPSA) is 29.1 Å². The number of alkyl halides is 3. The molecule has 140 valence electrons. The van der Waals surface area contributed by atoms with Gasteiger partial charge >= 0.3 is 6.18 Å². The van der Waals surface area contributed by atoms with E-state index in [9.17, 15) is 18.0 Å². The molecule has 1 amide bonds. The van der Waals surface area contributed by atoms with Crippen molar-refractivity contribution in [3.63, 3.8) is 0 Å². The molecule has 1 aliphatic rings. The third kappa shape index (κ3) is 7.09. The molecule has 0 atom stereocenters. The molecule has 0 heterocycles. The Kier molecular flexibility index (Phi) is 7.79. The van der Waals surface area contributed by atoms with E-state index in [0.29, 0.717) is 0 Å². The third-order valence-corrected chi connectivity index (χ3v) is 4.89. The summed E-state index contributed by atoms with van der Waals surface area (Å²) in [5.74, 6) is -0.400. The molecule has 5 heteroatoms. The highest BCUT2D eigenvalue weighted by Crippen LogP contribution is 2.29. The minimum Gasteiger partial charge on any atom is -0.349 e. The van der Waals surface area contributed by atoms with Gasteiger partial charge in [0.15, 0.2) is 0 Å². The molecule has 1 aliphatic carbocycles. The second kappa shape index (κ2) is 9.83. The van der Waals surface area contributed by atoms with Crippen molar-refractivity contribution in [2.75, 3.05) is 0 Å². The monoisotopic (exact) mass is 355 g/mol. The van der Waals surface area contributed by atoms with Gasteiger partial charge < -0.3 is 5.32 Å². The fourth-order valence-electron chi connectivity index (χ4n) is 3.41. The zero-order valence-corrected chi connectivity index (χ0v) is 14.7. The standard InChI is InChI=1S/C20H28F3NO/c21-20(22,23)17-12-10-11-16(15-17)19(25)24-18-13-8-6-4-2-1-3-5-7-9-14-18/h10-12,15,18H,1-9,13-14H2,(H,24,25). The lowest BCUT2D eigenvalue weighted by Gasteiger charge is -2.20. The Labute approximate surface area is 148 Å². The first-order valence-electron chi connectivity index (χ1n) is 9.45. The number of halogens is 3. The van der Waals surface area contributed by atoms with Crippen molar-refractivity contribution in [2.24, 2.45) is 0 Å². The van der Waals surface area contributed by atoms with Crippen LogP contribution >= 0.6 is 0 Å². The van der Waals surface area contributed by atoms with E-state index in [2.05, 4.69) is 5.32 Å². The van der Waals surface area contributed by atoms with E-state index in [1.165, 1.54) is 44.2 Å². The highest BCUT2D eigenvalue weighted by molar-refractivity contribution is 5.94. The van der Waals surface area contributed by atoms with Gasteiger partial charge in [-0.15, -0.1) is 0 Å². The fraction of sp³-hybridized carbons (Fsp3) is 0.650. The van der Waals surface area contributed by atoms with Crippen molar-refractivity contribution < 1.29 is 18.0 Å². The number of carbonyl (C=O) groups excluding carboxylic acids is 1. The molecular weight excluding hydrogens is 327 g/mol. The van der Waals surface area contributed by atoms with Crippen molar-refractivity contribution >= 4 is 5.91 Å². The lowest BCUT2D eigenvalue weighted by atomic mass is 9.97. The number of amides is 1. The first-order chi connectivity index (χ1) is 12.0. The number of benzene rings is 1. The highest BCUT2D eigenvalue weighted by atomic mass is 19.4. The molecule has 2 rings (SSSR count). The fourth-order valence-corrected chi connectivity index (χ4v) is 3.41. The largest absolute Gasteiger partial charge is 0.416 e. The zero-order chi connectivity index (χ0) is 18.1. The van der Waals surface area contributed by atoms with Gasteiger partial charge in [0.05, 0.1) is 5.56 Å². The molecule has 0 saturated heterocycles. The molecule has 1 saturated carbocycles. The van der Waals surface area contributed by atoms with E-state index in [1.54, 1.807) is 0 Å². The van der Waals surface area contributed by atoms with Gasteiger partial charge in [-0.3, -0.25) is 4.79 Å². The Morgan fingerprint density at radius 2 is 1.40 bits per heavy atom. The average Bonchev–Trinajstić information content (AvgIpc) is 2.56. The van der Waals surface area contributed by atoms with Crippen LogP contribution in [0.1, 0.15) is 86.6 Å². The molecule has 25 heavy (non-hydrogen) atoms. The minimum atomic E-state index is -4.43. The summed E-state index contributed by atoms with van der Waals surface area (Å²) >= 11 is 0. The Hall–Kier alpha value is -1.52. The maximum Gasteiger partial charge on any atom is 0.416 e. The predicted molar refractivity (Wildman–Crippen MR) is 93.5 cm³/mol. The van der Waals surface area contributed by atoms with Gasteiger partial charge in [0.1, 0.15) is 0 Å². The van der Waals surface area contributed by atoms with E-state index >= 15 is 0 Å². The van der Waals surface area contributed by atoms with Crippen molar-refractivity contribution in [1.82, 2.24) is 5.32 Å². The average molecular weight is 355 g/mol. The zero-order valence-electron chi connectivity index (χ0n) is 14.7. The van der Waals surface area contributed by atoms with Crippen LogP contribution in [0.3, 0.4) is 0 Å². The van der Waals surface area contributed by atoms with Gasteiger partial charge in [0.2, 0.25) is 0 Å². The van der Waals surface area contributed by atoms with Crippen LogP contribution in [-0.2, 0) is 6.18 Å². The number of hydrogen-bond donors (Lipinski definition) is 1. The number of rotatable bonds is 2. The van der Waals surface area contributed by atoms with Crippen molar-refractivity contribution in [3.8, 4) is 0 Å². The SMILES string of the molecule is O=C(NC1CCCCCCCCCCC1)c1cccc(C(F)(F)F)c1. The summed E-state index contributed by atoms with van der Waals surface area (Å²) < 4.78 is 38.4. The van der Waals surface area contributed by atoms with Crippen LogP contribution in [0.2, 0.25) is 0 Å². The Morgan fingerprint density at radius 1 is 0.880 bits per heavy atom. The van der Waals surface area contributed by atoms with Crippen LogP contribution in [0.25, 0.3) is 0 Å². The molecule has 0 unspecified atom stereocenters. The van der Waals surface area contributed by atoms with Crippen molar-refractivity contribution in [1.29, 1.82) is 0 Å². The quantitative estimate of drug-likeness (QED) is 0.681. The van der Waals surface area contributed by atoms with Crippen LogP contribution < -0.4 is 5.32 Å². The van der Waals surface area contributed by atoms with Crippen LogP contribution in [0.5, 0.6) is 0 Å². The van der Waals surface area contributed by atoms with E-state index < -0.39 is 17.6 Å². The molecule has 0 aliphatic heterocycles. The maximum atomic E-state index is 12.8. The van der Waals surface area contributed by atoms with E-state index in [1.807, 2.05) is 0 Å². The summed E-state index contributed by atoms with van der Waals surface area (Å²) in [6, 6.07) is 4.72. The number of nitrogens with one attached hydrogen (secondary N) is 1. The minimum absolute atomic E-state index is 0.0569. The molecule has 0 radical (unpaired) electrons. The first kappa shape index (κ1) is 19.8. The first-order valence-corrected chi connectivity index (χ1v) is 9.45. The van der Waals surface area contributed by atoms with Gasteiger partial charge in [0.25, 0.3) is 5.91 Å². The van der Waals surface area contributed by atoms with E-state index in [0.717, 1.165) is 50.7 Å². The maximum absolute atomic E-state index is 12.8. The Balaban J connectivity index is 1.96. The molecular formula is C20H28F3NO. The summed E-state index contributed by atoms with van der Waals surface area (Å²) in [6.45, 7) is 0. The summed E-state index contributed by atoms with van der Waals surface area (Å²) in [5, 5.41) is 2.96. The number of hydrogen-bond acceptors (Lipinski definition) is 1. The van der Waals surface area contributed by atoms with Crippen molar-refractivity contribution in [2.45, 2.75) is 82.8 Å².